The first-order valence-corrected chi connectivity index (χ1v) is 15.2. The Balaban J connectivity index is 2.17. The molecule has 0 radical (unpaired) electrons. The lowest BCUT2D eigenvalue weighted by atomic mass is 9.85. The van der Waals surface area contributed by atoms with E-state index in [4.69, 9.17) is 0 Å². The van der Waals surface area contributed by atoms with Crippen LogP contribution in [0.3, 0.4) is 0 Å². The molecule has 2 unspecified atom stereocenters. The van der Waals surface area contributed by atoms with E-state index in [2.05, 4.69) is 61.0 Å². The molecule has 0 amide bonds. The van der Waals surface area contributed by atoms with Crippen LogP contribution in [0, 0.1) is 5.92 Å². The third-order valence-corrected chi connectivity index (χ3v) is 8.86. The van der Waals surface area contributed by atoms with E-state index < -0.39 is 11.2 Å². The third kappa shape index (κ3) is 9.33. The SMILES string of the molecule is CCCCN1CCN(c2ccc(NCC[S+]([O-])CC)cc2C(CC)CCC(CC)CC)CC1. The highest BCUT2D eigenvalue weighted by molar-refractivity contribution is 7.91. The van der Waals surface area contributed by atoms with Gasteiger partial charge >= 0.3 is 0 Å². The minimum absolute atomic E-state index is 0.602. The van der Waals surface area contributed by atoms with E-state index in [1.807, 2.05) is 6.92 Å². The number of rotatable bonds is 16. The van der Waals surface area contributed by atoms with Gasteiger partial charge in [0, 0.05) is 37.6 Å². The summed E-state index contributed by atoms with van der Waals surface area (Å²) in [6.07, 6.45) is 8.94. The summed E-state index contributed by atoms with van der Waals surface area (Å²) >= 11 is -0.717. The summed E-state index contributed by atoms with van der Waals surface area (Å²) in [7, 11) is 0. The number of anilines is 2. The number of piperazine rings is 1. The molecule has 0 saturated carbocycles. The summed E-state index contributed by atoms with van der Waals surface area (Å²) in [4.78, 5) is 5.27. The molecule has 0 aliphatic carbocycles. The number of benzene rings is 1. The fourth-order valence-corrected chi connectivity index (χ4v) is 5.66. The zero-order valence-corrected chi connectivity index (χ0v) is 23.0. The van der Waals surface area contributed by atoms with Crippen molar-refractivity contribution in [2.75, 3.05) is 61.0 Å². The molecule has 2 rings (SSSR count). The molecule has 0 bridgehead atoms. The number of nitrogens with one attached hydrogen (secondary N) is 1. The lowest BCUT2D eigenvalue weighted by molar-refractivity contribution is 0.254. The Morgan fingerprint density at radius 2 is 1.70 bits per heavy atom. The highest BCUT2D eigenvalue weighted by atomic mass is 32.2. The first kappa shape index (κ1) is 28.3. The van der Waals surface area contributed by atoms with E-state index >= 15 is 0 Å². The normalized spacial score (nSPS) is 16.9. The molecule has 33 heavy (non-hydrogen) atoms. The molecule has 1 aliphatic rings. The minimum Gasteiger partial charge on any atom is -0.616 e. The Bertz CT molecular complexity index is 644. The van der Waals surface area contributed by atoms with E-state index in [-0.39, 0.29) is 0 Å². The molecule has 0 aromatic heterocycles. The maximum absolute atomic E-state index is 11.8. The van der Waals surface area contributed by atoms with Gasteiger partial charge in [-0.15, -0.1) is 0 Å². The predicted octanol–water partition coefficient (Wildman–Crippen LogP) is 6.50. The summed E-state index contributed by atoms with van der Waals surface area (Å²) in [5.41, 5.74) is 4.15. The van der Waals surface area contributed by atoms with E-state index in [9.17, 15) is 4.55 Å². The van der Waals surface area contributed by atoms with Gasteiger partial charge in [0.2, 0.25) is 0 Å². The molecule has 1 saturated heterocycles. The summed E-state index contributed by atoms with van der Waals surface area (Å²) in [5, 5.41) is 3.56. The van der Waals surface area contributed by atoms with Crippen LogP contribution in [0.5, 0.6) is 0 Å². The van der Waals surface area contributed by atoms with Crippen molar-refractivity contribution in [2.24, 2.45) is 5.92 Å². The van der Waals surface area contributed by atoms with Crippen LogP contribution in [0.1, 0.15) is 91.0 Å². The Morgan fingerprint density at radius 1 is 0.970 bits per heavy atom. The van der Waals surface area contributed by atoms with Gasteiger partial charge in [0.15, 0.2) is 0 Å². The van der Waals surface area contributed by atoms with Crippen LogP contribution in [0.25, 0.3) is 0 Å². The maximum Gasteiger partial charge on any atom is 0.122 e. The molecule has 1 aromatic carbocycles. The Morgan fingerprint density at radius 3 is 2.30 bits per heavy atom. The van der Waals surface area contributed by atoms with E-state index in [1.165, 1.54) is 81.5 Å². The maximum atomic E-state index is 11.8. The van der Waals surface area contributed by atoms with Gasteiger partial charge in [-0.3, -0.25) is 4.90 Å². The second-order valence-electron chi connectivity index (χ2n) is 9.68. The second-order valence-corrected chi connectivity index (χ2v) is 11.5. The predicted molar refractivity (Wildman–Crippen MR) is 148 cm³/mol. The van der Waals surface area contributed by atoms with Gasteiger partial charge in [0.1, 0.15) is 11.5 Å². The summed E-state index contributed by atoms with van der Waals surface area (Å²) in [6.45, 7) is 17.9. The summed E-state index contributed by atoms with van der Waals surface area (Å²) in [6, 6.07) is 7.01. The highest BCUT2D eigenvalue weighted by Gasteiger charge is 2.23. The highest BCUT2D eigenvalue weighted by Crippen LogP contribution is 2.37. The second kappa shape index (κ2) is 15.9. The Labute approximate surface area is 208 Å². The molecule has 1 fully saturated rings. The molecular weight excluding hydrogens is 426 g/mol. The van der Waals surface area contributed by atoms with Crippen LogP contribution < -0.4 is 10.2 Å². The van der Waals surface area contributed by atoms with Crippen molar-refractivity contribution in [1.82, 2.24) is 4.90 Å². The van der Waals surface area contributed by atoms with Crippen molar-refractivity contribution in [1.29, 1.82) is 0 Å². The van der Waals surface area contributed by atoms with Crippen LogP contribution in [0.2, 0.25) is 0 Å². The number of nitrogens with zero attached hydrogens (tertiary/aromatic N) is 2. The Kier molecular flexibility index (Phi) is 13.6. The fourth-order valence-electron chi connectivity index (χ4n) is 5.04. The lowest BCUT2D eigenvalue weighted by Gasteiger charge is -2.38. The monoisotopic (exact) mass is 477 g/mol. The number of hydrogen-bond acceptors (Lipinski definition) is 4. The molecule has 1 aromatic rings. The number of hydrogen-bond donors (Lipinski definition) is 1. The average molecular weight is 478 g/mol. The summed E-state index contributed by atoms with van der Waals surface area (Å²) < 4.78 is 11.8. The van der Waals surface area contributed by atoms with Gasteiger partial charge in [-0.25, -0.2) is 0 Å². The van der Waals surface area contributed by atoms with Crippen molar-refractivity contribution < 1.29 is 4.55 Å². The van der Waals surface area contributed by atoms with Crippen LogP contribution in [0.4, 0.5) is 11.4 Å². The van der Waals surface area contributed by atoms with Gasteiger partial charge in [-0.2, -0.15) is 0 Å². The molecule has 2 atom stereocenters. The molecule has 1 heterocycles. The van der Waals surface area contributed by atoms with E-state index in [0.717, 1.165) is 37.1 Å². The molecular formula is C28H51N3OS. The zero-order chi connectivity index (χ0) is 24.1. The van der Waals surface area contributed by atoms with Crippen molar-refractivity contribution in [3.63, 3.8) is 0 Å². The van der Waals surface area contributed by atoms with Crippen molar-refractivity contribution >= 4 is 22.6 Å². The molecule has 4 nitrogen and oxygen atoms in total. The van der Waals surface area contributed by atoms with Gasteiger partial charge in [-0.1, -0.05) is 58.1 Å². The largest absolute Gasteiger partial charge is 0.616 e. The van der Waals surface area contributed by atoms with E-state index in [0.29, 0.717) is 5.92 Å². The lowest BCUT2D eigenvalue weighted by Crippen LogP contribution is -2.47. The first-order valence-electron chi connectivity index (χ1n) is 13.8. The van der Waals surface area contributed by atoms with Crippen molar-refractivity contribution in [3.05, 3.63) is 23.8 Å². The molecule has 5 heteroatoms. The number of unbranched alkanes of at least 4 members (excludes halogenated alkanes) is 1. The van der Waals surface area contributed by atoms with Crippen LogP contribution in [-0.4, -0.2) is 60.2 Å². The fraction of sp³-hybridized carbons (Fsp3) is 0.786. The van der Waals surface area contributed by atoms with Gasteiger partial charge in [0.25, 0.3) is 0 Å². The van der Waals surface area contributed by atoms with Crippen molar-refractivity contribution in [2.45, 2.75) is 85.5 Å². The van der Waals surface area contributed by atoms with Gasteiger partial charge in [0.05, 0.1) is 6.54 Å². The topological polar surface area (TPSA) is 41.6 Å². The molecule has 1 aliphatic heterocycles. The minimum atomic E-state index is -0.717. The van der Waals surface area contributed by atoms with Crippen LogP contribution in [0.15, 0.2) is 18.2 Å². The Hall–Kier alpha value is -0.910. The molecule has 1 N–H and O–H groups in total. The summed E-state index contributed by atoms with van der Waals surface area (Å²) in [5.74, 6) is 2.91. The van der Waals surface area contributed by atoms with Gasteiger partial charge in [-0.05, 0) is 74.8 Å². The quantitative estimate of drug-likeness (QED) is 0.276. The van der Waals surface area contributed by atoms with Gasteiger partial charge < -0.3 is 14.8 Å². The van der Waals surface area contributed by atoms with E-state index in [1.54, 1.807) is 0 Å². The molecule has 190 valence electrons. The standard InChI is InChI=1S/C28H51N3OS/c1-6-11-17-30-18-20-31(21-19-30)28-15-14-26(29-16-22-33(32)10-5)23-27(28)25(9-4)13-12-24(7-2)8-3/h14-15,23-25,29H,6-13,16-22H2,1-5H3. The molecule has 0 spiro atoms. The van der Waals surface area contributed by atoms with Crippen LogP contribution in [-0.2, 0) is 11.2 Å². The average Bonchev–Trinajstić information content (AvgIpc) is 2.86. The third-order valence-electron chi connectivity index (χ3n) is 7.56. The zero-order valence-electron chi connectivity index (χ0n) is 22.2. The smallest absolute Gasteiger partial charge is 0.122 e. The first-order chi connectivity index (χ1) is 16.1. The van der Waals surface area contributed by atoms with Crippen molar-refractivity contribution in [3.8, 4) is 0 Å². The van der Waals surface area contributed by atoms with Crippen LogP contribution >= 0.6 is 0 Å².